The number of carbonyl (C=O) groups is 1. The van der Waals surface area contributed by atoms with E-state index >= 15 is 0 Å². The fourth-order valence-corrected chi connectivity index (χ4v) is 3.37. The maximum absolute atomic E-state index is 11.4. The van der Waals surface area contributed by atoms with Crippen LogP contribution in [0.1, 0.15) is 25.6 Å². The molecule has 1 unspecified atom stereocenters. The van der Waals surface area contributed by atoms with Crippen molar-refractivity contribution in [3.8, 4) is 10.8 Å². The molecular weight excluding hydrogens is 290 g/mol. The molecule has 1 aliphatic heterocycles. The first-order valence-electron chi connectivity index (χ1n) is 6.95. The van der Waals surface area contributed by atoms with Crippen LogP contribution in [0.2, 0.25) is 0 Å². The topological polar surface area (TPSA) is 79.5 Å². The fourth-order valence-electron chi connectivity index (χ4n) is 2.73. The number of nitrogens with zero attached hydrogens (tertiary/aromatic N) is 3. The normalized spacial score (nSPS) is 22.7. The van der Waals surface area contributed by atoms with Crippen LogP contribution < -0.4 is 0 Å². The summed E-state index contributed by atoms with van der Waals surface area (Å²) in [7, 11) is 0. The molecule has 7 heteroatoms. The molecule has 2 aromatic heterocycles. The molecule has 1 N–H and O–H groups in total. The van der Waals surface area contributed by atoms with Gasteiger partial charge in [-0.1, -0.05) is 18.1 Å². The van der Waals surface area contributed by atoms with Crippen LogP contribution in [0.15, 0.2) is 22.0 Å². The second kappa shape index (κ2) is 5.57. The molecule has 112 valence electrons. The van der Waals surface area contributed by atoms with Crippen LogP contribution in [0.5, 0.6) is 0 Å². The van der Waals surface area contributed by atoms with E-state index in [0.29, 0.717) is 37.6 Å². The lowest BCUT2D eigenvalue weighted by atomic mass is 9.84. The molecule has 0 aliphatic carbocycles. The molecular formula is C14H17N3O3S. The molecule has 1 saturated heterocycles. The molecule has 3 rings (SSSR count). The largest absolute Gasteiger partial charge is 0.481 e. The minimum Gasteiger partial charge on any atom is -0.481 e. The summed E-state index contributed by atoms with van der Waals surface area (Å²) in [5.74, 6) is 0.426. The van der Waals surface area contributed by atoms with Crippen molar-refractivity contribution in [2.45, 2.75) is 26.3 Å². The first-order valence-corrected chi connectivity index (χ1v) is 7.83. The summed E-state index contributed by atoms with van der Waals surface area (Å²) in [6.07, 6.45) is 1.32. The average Bonchev–Trinajstić information content (AvgIpc) is 3.19. The van der Waals surface area contributed by atoms with Crippen molar-refractivity contribution in [2.24, 2.45) is 5.41 Å². The van der Waals surface area contributed by atoms with Crippen LogP contribution in [0, 0.1) is 5.41 Å². The summed E-state index contributed by atoms with van der Waals surface area (Å²) < 4.78 is 5.25. The summed E-state index contributed by atoms with van der Waals surface area (Å²) in [6, 6.07) is 3.87. The molecule has 0 saturated carbocycles. The van der Waals surface area contributed by atoms with Gasteiger partial charge in [-0.3, -0.25) is 9.69 Å². The number of aliphatic carboxylic acids is 1. The average molecular weight is 307 g/mol. The number of rotatable bonds is 5. The van der Waals surface area contributed by atoms with Crippen LogP contribution in [-0.2, 0) is 11.3 Å². The van der Waals surface area contributed by atoms with Gasteiger partial charge in [0.2, 0.25) is 0 Å². The van der Waals surface area contributed by atoms with E-state index in [1.54, 1.807) is 11.3 Å². The molecule has 21 heavy (non-hydrogen) atoms. The van der Waals surface area contributed by atoms with Crippen LogP contribution >= 0.6 is 11.3 Å². The number of carboxylic acid groups (broad SMARTS) is 1. The maximum atomic E-state index is 11.4. The Balaban J connectivity index is 1.67. The summed E-state index contributed by atoms with van der Waals surface area (Å²) in [5.41, 5.74) is -0.625. The van der Waals surface area contributed by atoms with Gasteiger partial charge in [-0.15, -0.1) is 11.3 Å². The quantitative estimate of drug-likeness (QED) is 0.914. The Kier molecular flexibility index (Phi) is 3.77. The zero-order chi connectivity index (χ0) is 14.9. The van der Waals surface area contributed by atoms with E-state index in [1.807, 2.05) is 24.4 Å². The number of likely N-dealkylation sites (tertiary alicyclic amines) is 1. The predicted molar refractivity (Wildman–Crippen MR) is 77.9 cm³/mol. The van der Waals surface area contributed by atoms with Gasteiger partial charge in [0, 0.05) is 6.54 Å². The maximum Gasteiger partial charge on any atom is 0.310 e. The number of aromatic nitrogens is 2. The van der Waals surface area contributed by atoms with E-state index in [2.05, 4.69) is 15.0 Å². The summed E-state index contributed by atoms with van der Waals surface area (Å²) in [4.78, 5) is 18.8. The Hall–Kier alpha value is -1.73. The first-order chi connectivity index (χ1) is 10.1. The number of carboxylic acids is 1. The Morgan fingerprint density at radius 3 is 3.10 bits per heavy atom. The van der Waals surface area contributed by atoms with E-state index in [0.717, 1.165) is 11.4 Å². The van der Waals surface area contributed by atoms with Crippen molar-refractivity contribution in [2.75, 3.05) is 13.1 Å². The van der Waals surface area contributed by atoms with Gasteiger partial charge in [-0.25, -0.2) is 0 Å². The lowest BCUT2D eigenvalue weighted by Gasteiger charge is -2.22. The van der Waals surface area contributed by atoms with Crippen LogP contribution in [0.3, 0.4) is 0 Å². The Morgan fingerprint density at radius 1 is 1.62 bits per heavy atom. The zero-order valence-electron chi connectivity index (χ0n) is 11.8. The van der Waals surface area contributed by atoms with Gasteiger partial charge in [0.05, 0.1) is 16.8 Å². The zero-order valence-corrected chi connectivity index (χ0v) is 12.6. The molecule has 3 heterocycles. The summed E-state index contributed by atoms with van der Waals surface area (Å²) >= 11 is 1.55. The number of thiophene rings is 1. The highest BCUT2D eigenvalue weighted by molar-refractivity contribution is 7.13. The number of hydrogen-bond acceptors (Lipinski definition) is 6. The predicted octanol–water partition coefficient (Wildman–Crippen LogP) is 2.48. The third-order valence-corrected chi connectivity index (χ3v) is 4.99. The molecule has 0 spiro atoms. The van der Waals surface area contributed by atoms with Crippen molar-refractivity contribution in [3.63, 3.8) is 0 Å². The van der Waals surface area contributed by atoms with Crippen LogP contribution in [0.4, 0.5) is 0 Å². The highest BCUT2D eigenvalue weighted by Crippen LogP contribution is 2.34. The molecule has 0 bridgehead atoms. The molecule has 6 nitrogen and oxygen atoms in total. The van der Waals surface area contributed by atoms with Gasteiger partial charge >= 0.3 is 5.97 Å². The van der Waals surface area contributed by atoms with Gasteiger partial charge in [-0.2, -0.15) is 4.98 Å². The molecule has 1 atom stereocenters. The van der Waals surface area contributed by atoms with Crippen LogP contribution in [0.25, 0.3) is 10.8 Å². The highest BCUT2D eigenvalue weighted by Gasteiger charge is 2.43. The van der Waals surface area contributed by atoms with Gasteiger partial charge in [0.15, 0.2) is 5.82 Å². The minimum absolute atomic E-state index is 0.527. The minimum atomic E-state index is -0.708. The lowest BCUT2D eigenvalue weighted by Crippen LogP contribution is -2.34. The van der Waals surface area contributed by atoms with Gasteiger partial charge < -0.3 is 9.63 Å². The van der Waals surface area contributed by atoms with Crippen molar-refractivity contribution >= 4 is 17.3 Å². The smallest absolute Gasteiger partial charge is 0.310 e. The summed E-state index contributed by atoms with van der Waals surface area (Å²) in [6.45, 7) is 3.76. The molecule has 1 aliphatic rings. The Labute approximate surface area is 126 Å². The highest BCUT2D eigenvalue weighted by atomic mass is 32.1. The van der Waals surface area contributed by atoms with E-state index in [9.17, 15) is 9.90 Å². The molecule has 1 fully saturated rings. The molecule has 0 radical (unpaired) electrons. The monoisotopic (exact) mass is 307 g/mol. The van der Waals surface area contributed by atoms with Crippen LogP contribution in [-0.4, -0.2) is 39.2 Å². The third-order valence-electron chi connectivity index (χ3n) is 4.13. The standard InChI is InChI=1S/C14H17N3O3S/c1-2-14(13(18)19)5-6-17(9-14)8-11-15-12(20-16-11)10-4-3-7-21-10/h3-4,7H,2,5-6,8-9H2,1H3,(H,18,19). The van der Waals surface area contributed by atoms with Crippen molar-refractivity contribution in [1.82, 2.24) is 15.0 Å². The van der Waals surface area contributed by atoms with Gasteiger partial charge in [0.1, 0.15) is 0 Å². The molecule has 0 amide bonds. The Morgan fingerprint density at radius 2 is 2.48 bits per heavy atom. The Bertz CT molecular complexity index is 625. The molecule has 2 aromatic rings. The second-order valence-corrected chi connectivity index (χ2v) is 6.34. The molecule has 0 aromatic carbocycles. The van der Waals surface area contributed by atoms with Gasteiger partial charge in [0.25, 0.3) is 5.89 Å². The van der Waals surface area contributed by atoms with E-state index in [1.165, 1.54) is 0 Å². The van der Waals surface area contributed by atoms with Gasteiger partial charge in [-0.05, 0) is 30.8 Å². The SMILES string of the molecule is CCC1(C(=O)O)CCN(Cc2noc(-c3cccs3)n2)C1. The second-order valence-electron chi connectivity index (χ2n) is 5.39. The van der Waals surface area contributed by atoms with Crippen molar-refractivity contribution in [3.05, 3.63) is 23.3 Å². The van der Waals surface area contributed by atoms with E-state index in [-0.39, 0.29) is 0 Å². The third kappa shape index (κ3) is 2.71. The first kappa shape index (κ1) is 14.2. The summed E-state index contributed by atoms with van der Waals surface area (Å²) in [5, 5.41) is 15.3. The van der Waals surface area contributed by atoms with E-state index in [4.69, 9.17) is 4.52 Å². The fraction of sp³-hybridized carbons (Fsp3) is 0.500. The van der Waals surface area contributed by atoms with E-state index < -0.39 is 11.4 Å². The number of hydrogen-bond donors (Lipinski definition) is 1. The van der Waals surface area contributed by atoms with Crippen molar-refractivity contribution < 1.29 is 14.4 Å². The van der Waals surface area contributed by atoms with Crippen molar-refractivity contribution in [1.29, 1.82) is 0 Å². The lowest BCUT2D eigenvalue weighted by molar-refractivity contribution is -0.148.